The van der Waals surface area contributed by atoms with Crippen molar-refractivity contribution in [3.63, 3.8) is 0 Å². The van der Waals surface area contributed by atoms with E-state index < -0.39 is 5.82 Å². The summed E-state index contributed by atoms with van der Waals surface area (Å²) in [5.74, 6) is 0.706. The number of halogens is 1. The van der Waals surface area contributed by atoms with Crippen molar-refractivity contribution in [3.05, 3.63) is 101 Å². The average molecular weight is 387 g/mol. The van der Waals surface area contributed by atoms with Crippen LogP contribution in [0.3, 0.4) is 0 Å². The van der Waals surface area contributed by atoms with Gasteiger partial charge in [0, 0.05) is 18.7 Å². The normalized spacial score (nSPS) is 16.9. The summed E-state index contributed by atoms with van der Waals surface area (Å²) in [6.45, 7) is 1.80. The van der Waals surface area contributed by atoms with Crippen molar-refractivity contribution < 1.29 is 18.7 Å². The number of benzene rings is 3. The lowest BCUT2D eigenvalue weighted by Crippen LogP contribution is -2.31. The van der Waals surface area contributed by atoms with Gasteiger partial charge in [0.25, 0.3) is 0 Å². The summed E-state index contributed by atoms with van der Waals surface area (Å²) < 4.78 is 25.8. The number of ketones is 1. The van der Waals surface area contributed by atoms with Crippen molar-refractivity contribution in [1.82, 2.24) is 4.90 Å². The zero-order valence-corrected chi connectivity index (χ0v) is 15.6. The molecule has 29 heavy (non-hydrogen) atoms. The third-order valence-corrected chi connectivity index (χ3v) is 5.12. The summed E-state index contributed by atoms with van der Waals surface area (Å²) in [6.07, 6.45) is 1.45. The maximum atomic E-state index is 14.0. The highest BCUT2D eigenvalue weighted by molar-refractivity contribution is 6.15. The first kappa shape index (κ1) is 17.6. The van der Waals surface area contributed by atoms with Gasteiger partial charge in [-0.1, -0.05) is 48.5 Å². The molecule has 0 aromatic heterocycles. The molecule has 5 heteroatoms. The molecule has 5 rings (SSSR count). The van der Waals surface area contributed by atoms with Gasteiger partial charge < -0.3 is 9.47 Å². The second-order valence-electron chi connectivity index (χ2n) is 7.13. The molecule has 2 heterocycles. The average Bonchev–Trinajstić information content (AvgIpc) is 3.06. The smallest absolute Gasteiger partial charge is 0.231 e. The number of hydrogen-bond acceptors (Lipinski definition) is 4. The van der Waals surface area contributed by atoms with Crippen LogP contribution < -0.4 is 9.47 Å². The minimum absolute atomic E-state index is 0.124. The van der Waals surface area contributed by atoms with Crippen LogP contribution in [0.15, 0.2) is 72.5 Å². The molecule has 0 saturated carbocycles. The summed E-state index contributed by atoms with van der Waals surface area (Å²) in [6, 6.07) is 20.0. The van der Waals surface area contributed by atoms with Crippen molar-refractivity contribution in [2.24, 2.45) is 0 Å². The molecule has 4 nitrogen and oxygen atoms in total. The van der Waals surface area contributed by atoms with Gasteiger partial charge in [-0.3, -0.25) is 9.69 Å². The highest BCUT2D eigenvalue weighted by Crippen LogP contribution is 2.42. The standard InChI is InChI=1S/C24H18FNO3/c25-20-9-5-4-8-17(20)12-22-23(27)18-10-11-21-19(24(18)29-22)14-26(15-28-21)13-16-6-2-1-3-7-16/h1-12H,13-15H2/b22-12-. The van der Waals surface area contributed by atoms with Gasteiger partial charge in [-0.2, -0.15) is 0 Å². The minimum atomic E-state index is -0.397. The number of carbonyl (C=O) groups is 1. The molecule has 0 radical (unpaired) electrons. The van der Waals surface area contributed by atoms with Crippen LogP contribution in [0.2, 0.25) is 0 Å². The molecule has 0 aliphatic carbocycles. The summed E-state index contributed by atoms with van der Waals surface area (Å²) in [4.78, 5) is 14.9. The number of Topliss-reactive ketones (excluding diaryl/α,β-unsaturated/α-hetero) is 1. The van der Waals surface area contributed by atoms with E-state index >= 15 is 0 Å². The Morgan fingerprint density at radius 3 is 2.62 bits per heavy atom. The number of carbonyl (C=O) groups excluding carboxylic acids is 1. The van der Waals surface area contributed by atoms with Crippen molar-refractivity contribution in [2.45, 2.75) is 13.1 Å². The van der Waals surface area contributed by atoms with Gasteiger partial charge in [-0.25, -0.2) is 4.39 Å². The molecule has 144 valence electrons. The lowest BCUT2D eigenvalue weighted by Gasteiger charge is -2.29. The van der Waals surface area contributed by atoms with Crippen molar-refractivity contribution in [3.8, 4) is 11.5 Å². The number of rotatable bonds is 3. The summed E-state index contributed by atoms with van der Waals surface area (Å²) in [7, 11) is 0. The number of hydrogen-bond donors (Lipinski definition) is 0. The van der Waals surface area contributed by atoms with Gasteiger partial charge >= 0.3 is 0 Å². The molecule has 0 spiro atoms. The third kappa shape index (κ3) is 3.30. The maximum Gasteiger partial charge on any atom is 0.231 e. The van der Waals surface area contributed by atoms with Crippen LogP contribution in [0, 0.1) is 5.82 Å². The predicted molar refractivity (Wildman–Crippen MR) is 107 cm³/mol. The highest BCUT2D eigenvalue weighted by Gasteiger charge is 2.33. The van der Waals surface area contributed by atoms with E-state index in [1.54, 1.807) is 30.3 Å². The molecule has 3 aromatic rings. The Morgan fingerprint density at radius 2 is 1.79 bits per heavy atom. The van der Waals surface area contributed by atoms with Gasteiger partial charge in [0.15, 0.2) is 5.76 Å². The number of allylic oxidation sites excluding steroid dienone is 1. The highest BCUT2D eigenvalue weighted by atomic mass is 19.1. The zero-order valence-electron chi connectivity index (χ0n) is 15.6. The largest absolute Gasteiger partial charge is 0.478 e. The molecular formula is C24H18FNO3. The summed E-state index contributed by atoms with van der Waals surface area (Å²) >= 11 is 0. The van der Waals surface area contributed by atoms with Gasteiger partial charge in [0.1, 0.15) is 24.0 Å². The van der Waals surface area contributed by atoms with Crippen LogP contribution in [-0.2, 0) is 13.1 Å². The Balaban J connectivity index is 1.45. The Labute approximate surface area is 167 Å². The summed E-state index contributed by atoms with van der Waals surface area (Å²) in [5, 5.41) is 0. The van der Waals surface area contributed by atoms with E-state index in [1.807, 2.05) is 18.2 Å². The van der Waals surface area contributed by atoms with Gasteiger partial charge in [0.05, 0.1) is 11.1 Å². The molecule has 0 unspecified atom stereocenters. The first-order chi connectivity index (χ1) is 14.2. The Bertz CT molecular complexity index is 1120. The van der Waals surface area contributed by atoms with E-state index in [-0.39, 0.29) is 11.5 Å². The van der Waals surface area contributed by atoms with E-state index in [1.165, 1.54) is 17.7 Å². The molecule has 2 aliphatic rings. The van der Waals surface area contributed by atoms with Crippen molar-refractivity contribution in [1.29, 1.82) is 0 Å². The fourth-order valence-corrected chi connectivity index (χ4v) is 3.68. The van der Waals surface area contributed by atoms with E-state index in [0.717, 1.165) is 12.1 Å². The molecular weight excluding hydrogens is 369 g/mol. The molecule has 0 atom stereocenters. The minimum Gasteiger partial charge on any atom is -0.478 e. The second kappa shape index (κ2) is 7.18. The Morgan fingerprint density at radius 1 is 1.00 bits per heavy atom. The number of nitrogens with zero attached hydrogens (tertiary/aromatic N) is 1. The zero-order chi connectivity index (χ0) is 19.8. The van der Waals surface area contributed by atoms with Gasteiger partial charge in [0.2, 0.25) is 5.78 Å². The predicted octanol–water partition coefficient (Wildman–Crippen LogP) is 4.79. The molecule has 0 fully saturated rings. The fourth-order valence-electron chi connectivity index (χ4n) is 3.68. The van der Waals surface area contributed by atoms with Gasteiger partial charge in [-0.05, 0) is 29.8 Å². The van der Waals surface area contributed by atoms with Crippen LogP contribution in [0.4, 0.5) is 4.39 Å². The SMILES string of the molecule is O=C1/C(=C/c2ccccc2F)Oc2c1ccc1c2CN(Cc2ccccc2)CO1. The summed E-state index contributed by atoms with van der Waals surface area (Å²) in [5.41, 5.74) is 2.83. The molecule has 0 bridgehead atoms. The third-order valence-electron chi connectivity index (χ3n) is 5.12. The van der Waals surface area contributed by atoms with E-state index in [0.29, 0.717) is 35.9 Å². The Hall–Kier alpha value is -3.44. The van der Waals surface area contributed by atoms with Crippen molar-refractivity contribution >= 4 is 11.9 Å². The monoisotopic (exact) mass is 387 g/mol. The lowest BCUT2D eigenvalue weighted by atomic mass is 10.0. The first-order valence-electron chi connectivity index (χ1n) is 9.43. The van der Waals surface area contributed by atoms with E-state index in [2.05, 4.69) is 17.0 Å². The van der Waals surface area contributed by atoms with Gasteiger partial charge in [-0.15, -0.1) is 0 Å². The first-order valence-corrected chi connectivity index (χ1v) is 9.43. The molecule has 0 amide bonds. The molecule has 3 aromatic carbocycles. The van der Waals surface area contributed by atoms with Crippen LogP contribution in [0.5, 0.6) is 11.5 Å². The fraction of sp³-hybridized carbons (Fsp3) is 0.125. The Kier molecular flexibility index (Phi) is 4.37. The maximum absolute atomic E-state index is 14.0. The van der Waals surface area contributed by atoms with Crippen LogP contribution in [0.25, 0.3) is 6.08 Å². The molecule has 2 aliphatic heterocycles. The van der Waals surface area contributed by atoms with Crippen LogP contribution in [-0.4, -0.2) is 17.4 Å². The number of fused-ring (bicyclic) bond motifs is 3. The molecule has 0 N–H and O–H groups in total. The van der Waals surface area contributed by atoms with Crippen molar-refractivity contribution in [2.75, 3.05) is 6.73 Å². The van der Waals surface area contributed by atoms with E-state index in [4.69, 9.17) is 9.47 Å². The van der Waals surface area contributed by atoms with E-state index in [9.17, 15) is 9.18 Å². The second-order valence-corrected chi connectivity index (χ2v) is 7.13. The van der Waals surface area contributed by atoms with Crippen LogP contribution in [0.1, 0.15) is 27.0 Å². The lowest BCUT2D eigenvalue weighted by molar-refractivity contribution is 0.0873. The number of ether oxygens (including phenoxy) is 2. The van der Waals surface area contributed by atoms with Crippen LogP contribution >= 0.6 is 0 Å². The molecule has 0 saturated heterocycles. The topological polar surface area (TPSA) is 38.8 Å². The quantitative estimate of drug-likeness (QED) is 0.606.